The number of hydrogen-bond donors (Lipinski definition) is 0. The summed E-state index contributed by atoms with van der Waals surface area (Å²) >= 11 is 0. The molecule has 2 heteroatoms. The third-order valence-corrected chi connectivity index (χ3v) is 5.09. The van der Waals surface area contributed by atoms with Gasteiger partial charge >= 0.3 is 0 Å². The van der Waals surface area contributed by atoms with Crippen LogP contribution in [-0.4, -0.2) is 12.6 Å². The summed E-state index contributed by atoms with van der Waals surface area (Å²) in [6.45, 7) is 20.4. The molecule has 26 heavy (non-hydrogen) atoms. The fourth-order valence-corrected chi connectivity index (χ4v) is 3.10. The molecule has 1 aromatic carbocycles. The molecule has 0 saturated carbocycles. The topological polar surface area (TPSA) is 7.12 Å². The van der Waals surface area contributed by atoms with Crippen LogP contribution in [0.2, 0.25) is 0 Å². The molecule has 2 rings (SSSR count). The molecule has 0 aliphatic heterocycles. The van der Waals surface area contributed by atoms with E-state index in [0.717, 1.165) is 0 Å². The second-order valence-electron chi connectivity index (χ2n) is 10.3. The second-order valence-corrected chi connectivity index (χ2v) is 10.3. The van der Waals surface area contributed by atoms with E-state index in [4.69, 9.17) is 0 Å². The van der Waals surface area contributed by atoms with E-state index in [0.29, 0.717) is 0 Å². The molecule has 0 fully saturated rings. The van der Waals surface area contributed by atoms with E-state index in [1.54, 1.807) is 0 Å². The van der Waals surface area contributed by atoms with E-state index in [-0.39, 0.29) is 16.5 Å². The van der Waals surface area contributed by atoms with Crippen LogP contribution in [0, 0.1) is 0 Å². The first-order valence-corrected chi connectivity index (χ1v) is 9.63. The van der Waals surface area contributed by atoms with Gasteiger partial charge in [-0.1, -0.05) is 32.9 Å². The van der Waals surface area contributed by atoms with Crippen molar-refractivity contribution in [2.45, 2.75) is 78.8 Å². The van der Waals surface area contributed by atoms with Crippen molar-refractivity contribution >= 4 is 5.69 Å². The number of pyridine rings is 1. The molecule has 0 amide bonds. The van der Waals surface area contributed by atoms with Gasteiger partial charge in [-0.25, -0.2) is 0 Å². The predicted octanol–water partition coefficient (Wildman–Crippen LogP) is 5.93. The summed E-state index contributed by atoms with van der Waals surface area (Å²) in [6.07, 6.45) is 2.25. The molecule has 0 aliphatic carbocycles. The average Bonchev–Trinajstić information content (AvgIpc) is 2.51. The molecule has 2 nitrogen and oxygen atoms in total. The molecule has 1 heterocycles. The highest BCUT2D eigenvalue weighted by Gasteiger charge is 2.31. The molecular formula is C24H37N2+. The van der Waals surface area contributed by atoms with Crippen LogP contribution in [0.3, 0.4) is 0 Å². The maximum Gasteiger partial charge on any atom is 0.215 e. The van der Waals surface area contributed by atoms with E-state index in [2.05, 4.69) is 121 Å². The summed E-state index contributed by atoms with van der Waals surface area (Å²) in [5, 5.41) is 0. The van der Waals surface area contributed by atoms with Gasteiger partial charge in [0, 0.05) is 45.5 Å². The molecule has 0 saturated heterocycles. The average molecular weight is 354 g/mol. The monoisotopic (exact) mass is 353 g/mol. The van der Waals surface area contributed by atoms with Gasteiger partial charge in [-0.3, -0.25) is 0 Å². The lowest BCUT2D eigenvalue weighted by Crippen LogP contribution is -2.52. The quantitative estimate of drug-likeness (QED) is 0.607. The van der Waals surface area contributed by atoms with Gasteiger partial charge < -0.3 is 4.90 Å². The van der Waals surface area contributed by atoms with Crippen LogP contribution in [0.1, 0.15) is 67.9 Å². The van der Waals surface area contributed by atoms with Gasteiger partial charge in [0.2, 0.25) is 5.69 Å². The first-order valence-electron chi connectivity index (χ1n) is 9.63. The van der Waals surface area contributed by atoms with Crippen LogP contribution < -0.4 is 9.47 Å². The highest BCUT2D eigenvalue weighted by molar-refractivity contribution is 5.75. The highest BCUT2D eigenvalue weighted by Crippen LogP contribution is 2.34. The molecule has 0 spiro atoms. The first-order chi connectivity index (χ1) is 11.7. The zero-order valence-electron chi connectivity index (χ0n) is 18.4. The summed E-state index contributed by atoms with van der Waals surface area (Å²) in [4.78, 5) is 2.37. The summed E-state index contributed by atoms with van der Waals surface area (Å²) < 4.78 is 2.40. The van der Waals surface area contributed by atoms with Gasteiger partial charge in [0.25, 0.3) is 0 Å². The van der Waals surface area contributed by atoms with Gasteiger partial charge in [0.05, 0.1) is 11.3 Å². The van der Waals surface area contributed by atoms with Crippen LogP contribution in [0.4, 0.5) is 5.69 Å². The Labute approximate surface area is 160 Å². The molecule has 0 radical (unpaired) electrons. The van der Waals surface area contributed by atoms with Gasteiger partial charge in [-0.15, -0.1) is 0 Å². The lowest BCUT2D eigenvalue weighted by molar-refractivity contribution is -0.744. The third-order valence-electron chi connectivity index (χ3n) is 5.09. The van der Waals surface area contributed by atoms with Crippen molar-refractivity contribution < 1.29 is 4.57 Å². The van der Waals surface area contributed by atoms with Crippen LogP contribution in [0.15, 0.2) is 42.6 Å². The Bertz CT molecular complexity index is 768. The standard InChI is InChI=1S/C24H37N2/c1-22(2,3)18-15-16-26(24(7,8)9)21(17-18)19-13-11-12-14-20(19)25(10)23(4,5)6/h11-17H,1-10H3/q+1. The summed E-state index contributed by atoms with van der Waals surface area (Å²) in [6, 6.07) is 13.4. The van der Waals surface area contributed by atoms with E-state index >= 15 is 0 Å². The minimum atomic E-state index is 0.0131. The zero-order chi connectivity index (χ0) is 19.9. The third kappa shape index (κ3) is 4.28. The van der Waals surface area contributed by atoms with E-state index in [1.807, 2.05) is 0 Å². The molecule has 0 aliphatic rings. The minimum Gasteiger partial charge on any atom is -0.369 e. The Balaban J connectivity index is 2.79. The first kappa shape index (κ1) is 20.5. The Hall–Kier alpha value is -1.83. The maximum atomic E-state index is 2.40. The van der Waals surface area contributed by atoms with E-state index < -0.39 is 0 Å². The Kier molecular flexibility index (Phi) is 5.29. The van der Waals surface area contributed by atoms with Crippen molar-refractivity contribution in [1.29, 1.82) is 0 Å². The zero-order valence-corrected chi connectivity index (χ0v) is 18.4. The van der Waals surface area contributed by atoms with E-state index in [9.17, 15) is 0 Å². The Morgan fingerprint density at radius 1 is 0.808 bits per heavy atom. The largest absolute Gasteiger partial charge is 0.369 e. The van der Waals surface area contributed by atoms with Crippen molar-refractivity contribution in [2.24, 2.45) is 0 Å². The SMILES string of the molecule is CN(c1ccccc1-c1cc(C(C)(C)C)cc[n+]1C(C)(C)C)C(C)(C)C. The number of anilines is 1. The predicted molar refractivity (Wildman–Crippen MR) is 114 cm³/mol. The molecule has 0 bridgehead atoms. The molecule has 0 atom stereocenters. The molecular weight excluding hydrogens is 316 g/mol. The maximum absolute atomic E-state index is 2.40. The molecule has 142 valence electrons. The fraction of sp³-hybridized carbons (Fsp3) is 0.542. The van der Waals surface area contributed by atoms with Crippen molar-refractivity contribution in [3.8, 4) is 11.3 Å². The van der Waals surface area contributed by atoms with Crippen LogP contribution in [-0.2, 0) is 11.0 Å². The van der Waals surface area contributed by atoms with Crippen LogP contribution in [0.25, 0.3) is 11.3 Å². The fourth-order valence-electron chi connectivity index (χ4n) is 3.10. The van der Waals surface area contributed by atoms with Crippen LogP contribution >= 0.6 is 0 Å². The molecule has 0 unspecified atom stereocenters. The van der Waals surface area contributed by atoms with Crippen LogP contribution in [0.5, 0.6) is 0 Å². The lowest BCUT2D eigenvalue weighted by atomic mass is 9.86. The summed E-state index contributed by atoms with van der Waals surface area (Å²) in [7, 11) is 2.19. The van der Waals surface area contributed by atoms with Crippen molar-refractivity contribution in [3.63, 3.8) is 0 Å². The van der Waals surface area contributed by atoms with Gasteiger partial charge in [0.15, 0.2) is 11.7 Å². The summed E-state index contributed by atoms with van der Waals surface area (Å²) in [5.41, 5.74) is 5.38. The van der Waals surface area contributed by atoms with Gasteiger partial charge in [0.1, 0.15) is 0 Å². The number of rotatable bonds is 2. The number of aromatic nitrogens is 1. The van der Waals surface area contributed by atoms with Crippen molar-refractivity contribution in [2.75, 3.05) is 11.9 Å². The summed E-state index contributed by atoms with van der Waals surface area (Å²) in [5.74, 6) is 0. The molecule has 2 aromatic rings. The highest BCUT2D eigenvalue weighted by atomic mass is 15.2. The number of hydrogen-bond acceptors (Lipinski definition) is 1. The van der Waals surface area contributed by atoms with E-state index in [1.165, 1.54) is 22.5 Å². The van der Waals surface area contributed by atoms with Gasteiger partial charge in [-0.2, -0.15) is 4.57 Å². The number of nitrogens with zero attached hydrogens (tertiary/aromatic N) is 2. The molecule has 1 aromatic heterocycles. The van der Waals surface area contributed by atoms with Gasteiger partial charge in [-0.05, 0) is 43.9 Å². The Morgan fingerprint density at radius 3 is 1.88 bits per heavy atom. The second kappa shape index (κ2) is 6.72. The number of para-hydroxylation sites is 1. The van der Waals surface area contributed by atoms with Crippen molar-refractivity contribution in [1.82, 2.24) is 0 Å². The minimum absolute atomic E-state index is 0.0131. The number of benzene rings is 1. The Morgan fingerprint density at radius 2 is 1.38 bits per heavy atom. The normalized spacial score (nSPS) is 13.0. The van der Waals surface area contributed by atoms with Crippen molar-refractivity contribution in [3.05, 3.63) is 48.2 Å². The lowest BCUT2D eigenvalue weighted by Gasteiger charge is -2.35. The smallest absolute Gasteiger partial charge is 0.215 e. The molecule has 0 N–H and O–H groups in total.